The average molecular weight is 345 g/mol. The average Bonchev–Trinajstić information content (AvgIpc) is 2.89. The van der Waals surface area contributed by atoms with Crippen LogP contribution >= 0.6 is 11.6 Å². The van der Waals surface area contributed by atoms with E-state index >= 15 is 0 Å². The van der Waals surface area contributed by atoms with Crippen LogP contribution in [-0.2, 0) is 9.59 Å². The van der Waals surface area contributed by atoms with Crippen molar-refractivity contribution < 1.29 is 9.59 Å². The molecule has 124 valence electrons. The molecule has 0 spiro atoms. The number of hydrogen-bond acceptors (Lipinski definition) is 4. The molecule has 0 radical (unpaired) electrons. The number of anilines is 2. The van der Waals surface area contributed by atoms with Gasteiger partial charge in [-0.2, -0.15) is 0 Å². The van der Waals surface area contributed by atoms with Crippen LogP contribution in [0.4, 0.5) is 11.6 Å². The molecule has 1 saturated heterocycles. The summed E-state index contributed by atoms with van der Waals surface area (Å²) in [5.41, 5.74) is 2.30. The number of aromatic nitrogens is 2. The van der Waals surface area contributed by atoms with E-state index in [1.54, 1.807) is 29.2 Å². The van der Waals surface area contributed by atoms with Gasteiger partial charge in [0.05, 0.1) is 5.92 Å². The summed E-state index contributed by atoms with van der Waals surface area (Å²) in [5, 5.41) is 3.31. The number of amides is 2. The number of aryl methyl sites for hydroxylation is 2. The summed E-state index contributed by atoms with van der Waals surface area (Å²) < 4.78 is 0. The molecular weight excluding hydrogens is 328 g/mol. The molecule has 1 aliphatic heterocycles. The number of nitrogens with one attached hydrogen (secondary N) is 1. The predicted molar refractivity (Wildman–Crippen MR) is 92.0 cm³/mol. The molecule has 1 atom stereocenters. The van der Waals surface area contributed by atoms with Gasteiger partial charge in [0.1, 0.15) is 0 Å². The van der Waals surface area contributed by atoms with Gasteiger partial charge < -0.3 is 4.90 Å². The van der Waals surface area contributed by atoms with Crippen LogP contribution in [0, 0.1) is 19.8 Å². The highest BCUT2D eigenvalue weighted by Crippen LogP contribution is 2.26. The van der Waals surface area contributed by atoms with Crippen LogP contribution in [0.25, 0.3) is 0 Å². The highest BCUT2D eigenvalue weighted by atomic mass is 35.5. The summed E-state index contributed by atoms with van der Waals surface area (Å²) in [6.07, 6.45) is 0.166. The fourth-order valence-electron chi connectivity index (χ4n) is 2.75. The SMILES string of the molecule is Cc1cc(C)nc(NC(=O)[C@@H]2CC(=O)N(c3ccc(Cl)cc3)C2)n1. The van der Waals surface area contributed by atoms with E-state index in [1.807, 2.05) is 19.9 Å². The molecule has 0 bridgehead atoms. The van der Waals surface area contributed by atoms with Crippen molar-refractivity contribution in [3.8, 4) is 0 Å². The molecule has 1 aliphatic rings. The first-order chi connectivity index (χ1) is 11.4. The largest absolute Gasteiger partial charge is 0.312 e. The highest BCUT2D eigenvalue weighted by Gasteiger charge is 2.35. The fraction of sp³-hybridized carbons (Fsp3) is 0.294. The van der Waals surface area contributed by atoms with Crippen LogP contribution < -0.4 is 10.2 Å². The maximum absolute atomic E-state index is 12.4. The van der Waals surface area contributed by atoms with Gasteiger partial charge in [-0.15, -0.1) is 0 Å². The van der Waals surface area contributed by atoms with Crippen molar-refractivity contribution in [2.45, 2.75) is 20.3 Å². The lowest BCUT2D eigenvalue weighted by atomic mass is 10.1. The molecule has 6 nitrogen and oxygen atoms in total. The van der Waals surface area contributed by atoms with Crippen molar-refractivity contribution in [1.82, 2.24) is 9.97 Å². The van der Waals surface area contributed by atoms with Gasteiger partial charge >= 0.3 is 0 Å². The van der Waals surface area contributed by atoms with Gasteiger partial charge in [0, 0.05) is 35.1 Å². The van der Waals surface area contributed by atoms with E-state index in [0.29, 0.717) is 11.6 Å². The van der Waals surface area contributed by atoms with Gasteiger partial charge in [0.25, 0.3) is 0 Å². The van der Waals surface area contributed by atoms with E-state index in [2.05, 4.69) is 15.3 Å². The Hall–Kier alpha value is -2.47. The summed E-state index contributed by atoms with van der Waals surface area (Å²) in [5.74, 6) is -0.490. The van der Waals surface area contributed by atoms with Crippen molar-refractivity contribution in [3.63, 3.8) is 0 Å². The maximum atomic E-state index is 12.4. The Labute approximate surface area is 144 Å². The molecule has 0 saturated carbocycles. The topological polar surface area (TPSA) is 75.2 Å². The lowest BCUT2D eigenvalue weighted by Gasteiger charge is -2.16. The minimum Gasteiger partial charge on any atom is -0.312 e. The van der Waals surface area contributed by atoms with Crippen LogP contribution in [0.5, 0.6) is 0 Å². The summed E-state index contributed by atoms with van der Waals surface area (Å²) in [6, 6.07) is 8.82. The molecule has 2 amide bonds. The van der Waals surface area contributed by atoms with E-state index in [-0.39, 0.29) is 24.2 Å². The van der Waals surface area contributed by atoms with Crippen LogP contribution in [0.15, 0.2) is 30.3 Å². The van der Waals surface area contributed by atoms with Crippen LogP contribution in [0.1, 0.15) is 17.8 Å². The van der Waals surface area contributed by atoms with E-state index < -0.39 is 5.92 Å². The molecule has 3 rings (SSSR count). The van der Waals surface area contributed by atoms with Crippen molar-refractivity contribution in [3.05, 3.63) is 46.7 Å². The molecule has 7 heteroatoms. The molecule has 0 unspecified atom stereocenters. The number of benzene rings is 1. The third-order valence-electron chi connectivity index (χ3n) is 3.85. The summed E-state index contributed by atoms with van der Waals surface area (Å²) in [4.78, 5) is 34.6. The first kappa shape index (κ1) is 16.4. The normalized spacial score (nSPS) is 17.2. The Bertz CT molecular complexity index is 771. The van der Waals surface area contributed by atoms with Crippen molar-refractivity contribution >= 4 is 35.1 Å². The zero-order valence-corrected chi connectivity index (χ0v) is 14.2. The minimum absolute atomic E-state index is 0.0844. The standard InChI is InChI=1S/C17H17ClN4O2/c1-10-7-11(2)20-17(19-10)21-16(24)12-8-15(23)22(9-12)14-5-3-13(18)4-6-14/h3-7,12H,8-9H2,1-2H3,(H,19,20,21,24)/t12-/m1/s1. The zero-order chi connectivity index (χ0) is 17.3. The number of halogens is 1. The third-order valence-corrected chi connectivity index (χ3v) is 4.10. The molecular formula is C17H17ClN4O2. The second-order valence-electron chi connectivity index (χ2n) is 5.85. The maximum Gasteiger partial charge on any atom is 0.232 e. The van der Waals surface area contributed by atoms with Gasteiger partial charge in [0.2, 0.25) is 17.8 Å². The van der Waals surface area contributed by atoms with Gasteiger partial charge in [-0.3, -0.25) is 14.9 Å². The second kappa shape index (κ2) is 6.57. The van der Waals surface area contributed by atoms with E-state index in [9.17, 15) is 9.59 Å². The van der Waals surface area contributed by atoms with Crippen molar-refractivity contribution in [2.24, 2.45) is 5.92 Å². The number of carbonyl (C=O) groups excluding carboxylic acids is 2. The van der Waals surface area contributed by atoms with Crippen molar-refractivity contribution in [1.29, 1.82) is 0 Å². The number of hydrogen-bond donors (Lipinski definition) is 1. The quantitative estimate of drug-likeness (QED) is 0.929. The number of carbonyl (C=O) groups is 2. The molecule has 24 heavy (non-hydrogen) atoms. The molecule has 0 aliphatic carbocycles. The fourth-order valence-corrected chi connectivity index (χ4v) is 2.87. The Morgan fingerprint density at radius 2 is 1.83 bits per heavy atom. The summed E-state index contributed by atoms with van der Waals surface area (Å²) >= 11 is 5.87. The molecule has 2 aromatic rings. The Kier molecular flexibility index (Phi) is 4.49. The molecule has 1 aromatic heterocycles. The minimum atomic E-state index is -0.433. The number of nitrogens with zero attached hydrogens (tertiary/aromatic N) is 3. The van der Waals surface area contributed by atoms with Gasteiger partial charge in [-0.25, -0.2) is 9.97 Å². The smallest absolute Gasteiger partial charge is 0.232 e. The Morgan fingerprint density at radius 3 is 2.46 bits per heavy atom. The third kappa shape index (κ3) is 3.54. The summed E-state index contributed by atoms with van der Waals surface area (Å²) in [6.45, 7) is 4.01. The Morgan fingerprint density at radius 1 is 1.21 bits per heavy atom. The first-order valence-electron chi connectivity index (χ1n) is 7.61. The monoisotopic (exact) mass is 344 g/mol. The molecule has 2 heterocycles. The van der Waals surface area contributed by atoms with Gasteiger partial charge in [-0.1, -0.05) is 11.6 Å². The van der Waals surface area contributed by atoms with E-state index in [0.717, 1.165) is 17.1 Å². The second-order valence-corrected chi connectivity index (χ2v) is 6.28. The van der Waals surface area contributed by atoms with Crippen molar-refractivity contribution in [2.75, 3.05) is 16.8 Å². The van der Waals surface area contributed by atoms with Crippen LogP contribution in [0.3, 0.4) is 0 Å². The lowest BCUT2D eigenvalue weighted by Crippen LogP contribution is -2.28. The first-order valence-corrected chi connectivity index (χ1v) is 7.99. The van der Waals surface area contributed by atoms with Crippen LogP contribution in [0.2, 0.25) is 5.02 Å². The van der Waals surface area contributed by atoms with Crippen LogP contribution in [-0.4, -0.2) is 28.3 Å². The molecule has 1 aromatic carbocycles. The molecule has 1 fully saturated rings. The van der Waals surface area contributed by atoms with E-state index in [1.165, 1.54) is 0 Å². The number of rotatable bonds is 3. The predicted octanol–water partition coefficient (Wildman–Crippen LogP) is 2.74. The van der Waals surface area contributed by atoms with Gasteiger partial charge in [0.15, 0.2) is 0 Å². The van der Waals surface area contributed by atoms with Gasteiger partial charge in [-0.05, 0) is 44.2 Å². The highest BCUT2D eigenvalue weighted by molar-refractivity contribution is 6.30. The van der Waals surface area contributed by atoms with E-state index in [4.69, 9.17) is 11.6 Å². The molecule has 1 N–H and O–H groups in total. The zero-order valence-electron chi connectivity index (χ0n) is 13.4. The summed E-state index contributed by atoms with van der Waals surface area (Å²) in [7, 11) is 0. The lowest BCUT2D eigenvalue weighted by molar-refractivity contribution is -0.122. The Balaban J connectivity index is 1.70.